The second-order valence-electron chi connectivity index (χ2n) is 14.4. The zero-order valence-electron chi connectivity index (χ0n) is 30.2. The zero-order chi connectivity index (χ0) is 37.4. The molecule has 8 nitrogen and oxygen atoms in total. The number of pyridine rings is 1. The Hall–Kier alpha value is -3.97. The number of aromatic nitrogens is 1. The number of hydrogen-bond acceptors (Lipinski definition) is 6. The molecule has 0 unspecified atom stereocenters. The summed E-state index contributed by atoms with van der Waals surface area (Å²) in [6, 6.07) is 12.2. The highest BCUT2D eigenvalue weighted by molar-refractivity contribution is 5.99. The molecule has 3 aliphatic rings. The number of piperidine rings is 1. The highest BCUT2D eigenvalue weighted by atomic mass is 19.4. The lowest BCUT2D eigenvalue weighted by Crippen LogP contribution is -2.51. The van der Waals surface area contributed by atoms with Crippen LogP contribution in [0.4, 0.5) is 27.6 Å². The first kappa shape index (κ1) is 37.8. The highest BCUT2D eigenvalue weighted by Crippen LogP contribution is 2.48. The molecule has 0 bridgehead atoms. The number of aromatic amines is 1. The molecule has 3 heterocycles. The number of aryl methyl sites for hydroxylation is 2. The van der Waals surface area contributed by atoms with Crippen molar-refractivity contribution < 1.29 is 36.2 Å². The summed E-state index contributed by atoms with van der Waals surface area (Å²) in [5.74, 6) is -4.68. The Morgan fingerprint density at radius 3 is 2.40 bits per heavy atom. The molecule has 282 valence electrons. The minimum absolute atomic E-state index is 0.0275. The summed E-state index contributed by atoms with van der Waals surface area (Å²) in [6.07, 6.45) is -1.25. The summed E-state index contributed by atoms with van der Waals surface area (Å²) < 4.78 is 77.3. The average molecular weight is 731 g/mol. The quantitative estimate of drug-likeness (QED) is 0.217. The van der Waals surface area contributed by atoms with Crippen LogP contribution in [0.2, 0.25) is 0 Å². The number of hydrogen-bond donors (Lipinski definition) is 2. The van der Waals surface area contributed by atoms with Crippen molar-refractivity contribution >= 4 is 11.6 Å². The van der Waals surface area contributed by atoms with E-state index in [0.717, 1.165) is 65.7 Å². The fourth-order valence-electron chi connectivity index (χ4n) is 8.36. The number of carbonyl (C=O) groups excluding carboxylic acids is 1. The fraction of sp³-hybridized carbons (Fsp3) is 0.538. The van der Waals surface area contributed by atoms with E-state index in [9.17, 15) is 31.5 Å². The van der Waals surface area contributed by atoms with E-state index in [4.69, 9.17) is 9.47 Å². The van der Waals surface area contributed by atoms with Gasteiger partial charge in [-0.2, -0.15) is 22.0 Å². The van der Waals surface area contributed by atoms with E-state index in [1.54, 1.807) is 13.0 Å². The van der Waals surface area contributed by atoms with Crippen molar-refractivity contribution in [2.45, 2.75) is 89.4 Å². The van der Waals surface area contributed by atoms with E-state index in [0.29, 0.717) is 48.6 Å². The lowest BCUT2D eigenvalue weighted by atomic mass is 9.73. The Morgan fingerprint density at radius 1 is 1.04 bits per heavy atom. The molecule has 1 aliphatic carbocycles. The van der Waals surface area contributed by atoms with E-state index in [1.807, 2.05) is 19.1 Å². The van der Waals surface area contributed by atoms with Crippen LogP contribution in [0.25, 0.3) is 11.1 Å². The molecular weight excluding hydrogens is 683 g/mol. The number of alkyl halides is 5. The van der Waals surface area contributed by atoms with Crippen molar-refractivity contribution in [2.24, 2.45) is 0 Å². The minimum atomic E-state index is -5.57. The van der Waals surface area contributed by atoms with Gasteiger partial charge in [0.05, 0.1) is 25.8 Å². The SMILES string of the molecule is CCN(c1cc(-c2ccc3c(c2)CCC32CCN(CC(F)(F)C(F)(F)F)CC2)cc(C(=O)NCc2c(OC)cc(C)[nH]c2=O)c1C)C1CCOCC1. The number of benzene rings is 2. The summed E-state index contributed by atoms with van der Waals surface area (Å²) in [6.45, 7) is 6.85. The van der Waals surface area contributed by atoms with E-state index < -0.39 is 18.6 Å². The van der Waals surface area contributed by atoms with Gasteiger partial charge in [0.25, 0.3) is 11.5 Å². The molecule has 2 saturated heterocycles. The van der Waals surface area contributed by atoms with Crippen LogP contribution in [0.3, 0.4) is 0 Å². The molecule has 13 heteroatoms. The molecule has 1 amide bonds. The third-order valence-corrected chi connectivity index (χ3v) is 11.3. The van der Waals surface area contributed by atoms with Crippen LogP contribution in [0, 0.1) is 13.8 Å². The van der Waals surface area contributed by atoms with Crippen LogP contribution in [0.1, 0.15) is 77.3 Å². The molecule has 1 spiro atoms. The van der Waals surface area contributed by atoms with E-state index >= 15 is 0 Å². The van der Waals surface area contributed by atoms with Gasteiger partial charge in [-0.05, 0) is 124 Å². The maximum absolute atomic E-state index is 14.0. The van der Waals surface area contributed by atoms with Crippen molar-refractivity contribution in [3.05, 3.63) is 80.3 Å². The Morgan fingerprint density at radius 2 is 1.75 bits per heavy atom. The molecular formula is C39H47F5N4O4. The second-order valence-corrected chi connectivity index (χ2v) is 14.4. The maximum atomic E-state index is 14.0. The number of halogens is 5. The molecule has 6 rings (SSSR count). The first-order valence-electron chi connectivity index (χ1n) is 18.0. The number of anilines is 1. The molecule has 0 atom stereocenters. The summed E-state index contributed by atoms with van der Waals surface area (Å²) in [5.41, 5.74) is 6.66. The molecule has 0 saturated carbocycles. The normalized spacial score (nSPS) is 18.0. The lowest BCUT2D eigenvalue weighted by molar-refractivity contribution is -0.287. The monoisotopic (exact) mass is 730 g/mol. The molecule has 0 radical (unpaired) electrons. The molecule has 2 fully saturated rings. The van der Waals surface area contributed by atoms with Crippen molar-refractivity contribution in [3.63, 3.8) is 0 Å². The lowest BCUT2D eigenvalue weighted by Gasteiger charge is -2.41. The van der Waals surface area contributed by atoms with Gasteiger partial charge in [-0.25, -0.2) is 0 Å². The van der Waals surface area contributed by atoms with Crippen LogP contribution in [-0.4, -0.2) is 80.4 Å². The van der Waals surface area contributed by atoms with Crippen molar-refractivity contribution in [1.29, 1.82) is 0 Å². The van der Waals surface area contributed by atoms with Crippen LogP contribution >= 0.6 is 0 Å². The van der Waals surface area contributed by atoms with Gasteiger partial charge in [0.2, 0.25) is 0 Å². The number of carbonyl (C=O) groups is 1. The highest BCUT2D eigenvalue weighted by Gasteiger charge is 2.58. The second kappa shape index (κ2) is 14.8. The molecule has 2 aromatic carbocycles. The van der Waals surface area contributed by atoms with E-state index in [-0.39, 0.29) is 42.6 Å². The molecule has 3 aromatic rings. The topological polar surface area (TPSA) is 86.9 Å². The molecule has 2 N–H and O–H groups in total. The number of rotatable bonds is 10. The smallest absolute Gasteiger partial charge is 0.454 e. The van der Waals surface area contributed by atoms with Crippen LogP contribution < -0.4 is 20.5 Å². The van der Waals surface area contributed by atoms with Gasteiger partial charge in [-0.15, -0.1) is 0 Å². The first-order chi connectivity index (χ1) is 24.7. The number of nitrogens with one attached hydrogen (secondary N) is 2. The van der Waals surface area contributed by atoms with Crippen LogP contribution in [-0.2, 0) is 23.1 Å². The number of nitrogens with zero attached hydrogens (tertiary/aromatic N) is 2. The van der Waals surface area contributed by atoms with Gasteiger partial charge in [0.1, 0.15) is 5.75 Å². The molecule has 2 aliphatic heterocycles. The Balaban J connectivity index is 1.30. The minimum Gasteiger partial charge on any atom is -0.496 e. The first-order valence-corrected chi connectivity index (χ1v) is 18.0. The molecule has 52 heavy (non-hydrogen) atoms. The largest absolute Gasteiger partial charge is 0.496 e. The summed E-state index contributed by atoms with van der Waals surface area (Å²) in [5, 5.41) is 2.95. The van der Waals surface area contributed by atoms with Gasteiger partial charge in [0.15, 0.2) is 0 Å². The standard InChI is InChI=1S/C39H47F5N4O4/c1-5-48(29-9-16-52-17-10-29)33-21-28(20-30(25(33)3)35(49)45-22-31-34(51-4)18-24(2)46-36(31)50)26-6-7-32-27(19-26)8-11-37(32)12-14-47(15-13-37)23-38(40,41)39(42,43)44/h6-7,18-21,29H,5,8-17,22-23H2,1-4H3,(H,45,49)(H,46,50). The average Bonchev–Trinajstić information content (AvgIpc) is 3.46. The van der Waals surface area contributed by atoms with Crippen molar-refractivity contribution in [3.8, 4) is 16.9 Å². The predicted octanol–water partition coefficient (Wildman–Crippen LogP) is 7.08. The number of ether oxygens (including phenoxy) is 2. The molecule has 1 aromatic heterocycles. The van der Waals surface area contributed by atoms with Gasteiger partial charge < -0.3 is 24.7 Å². The van der Waals surface area contributed by atoms with Crippen LogP contribution in [0.15, 0.2) is 41.2 Å². The van der Waals surface area contributed by atoms with Crippen molar-refractivity contribution in [1.82, 2.24) is 15.2 Å². The Bertz CT molecular complexity index is 1850. The zero-order valence-corrected chi connectivity index (χ0v) is 30.2. The number of likely N-dealkylation sites (tertiary alicyclic amines) is 1. The number of methoxy groups -OCH3 is 1. The Labute approximate surface area is 300 Å². The number of amides is 1. The predicted molar refractivity (Wildman–Crippen MR) is 190 cm³/mol. The maximum Gasteiger partial charge on any atom is 0.454 e. The van der Waals surface area contributed by atoms with Gasteiger partial charge in [-0.3, -0.25) is 14.5 Å². The Kier molecular flexibility index (Phi) is 10.8. The van der Waals surface area contributed by atoms with Crippen molar-refractivity contribution in [2.75, 3.05) is 51.4 Å². The summed E-state index contributed by atoms with van der Waals surface area (Å²) >= 11 is 0. The van der Waals surface area contributed by atoms with E-state index in [2.05, 4.69) is 40.3 Å². The summed E-state index contributed by atoms with van der Waals surface area (Å²) in [4.78, 5) is 33.1. The van der Waals surface area contributed by atoms with Gasteiger partial charge in [0, 0.05) is 42.7 Å². The van der Waals surface area contributed by atoms with E-state index in [1.165, 1.54) is 12.0 Å². The van der Waals surface area contributed by atoms with Gasteiger partial charge in [-0.1, -0.05) is 18.2 Å². The van der Waals surface area contributed by atoms with Gasteiger partial charge >= 0.3 is 12.1 Å². The fourth-order valence-corrected chi connectivity index (χ4v) is 8.36. The number of fused-ring (bicyclic) bond motifs is 2. The van der Waals surface area contributed by atoms with Crippen LogP contribution in [0.5, 0.6) is 5.75 Å². The third kappa shape index (κ3) is 7.44. The summed E-state index contributed by atoms with van der Waals surface area (Å²) in [7, 11) is 1.48. The number of H-pyrrole nitrogens is 1. The third-order valence-electron chi connectivity index (χ3n) is 11.3.